The van der Waals surface area contributed by atoms with Crippen molar-refractivity contribution < 1.29 is 43.1 Å². The summed E-state index contributed by atoms with van der Waals surface area (Å²) in [6, 6.07) is 0. The van der Waals surface area contributed by atoms with E-state index in [2.05, 4.69) is 27.7 Å². The minimum Gasteiger partial charge on any atom is -0.465 e. The molecule has 0 fully saturated rings. The fraction of sp³-hybridized carbons (Fsp3) is 0.517. The number of aliphatic hydroxyl groups excluding tert-OH is 1. The lowest BCUT2D eigenvalue weighted by atomic mass is 9.95. The molecule has 0 saturated carbocycles. The maximum absolute atomic E-state index is 13.2. The summed E-state index contributed by atoms with van der Waals surface area (Å²) < 4.78 is 34.5. The number of carbonyl (C=O) groups is 2. The van der Waals surface area contributed by atoms with Crippen LogP contribution < -0.4 is 18.9 Å². The van der Waals surface area contributed by atoms with Gasteiger partial charge in [-0.15, -0.1) is 47.0 Å². The number of benzene rings is 2. The van der Waals surface area contributed by atoms with Gasteiger partial charge in [-0.2, -0.15) is 0 Å². The SMILES string of the molecule is COC(=O)c1c2c(c(C(O)c3c4c(c(C(=O)OC)c5c3SC(C)(C)S5)SC(C)(C)S4)c3c1OC(C)(C)O3)OC(C)(C)O2. The first-order chi connectivity index (χ1) is 19.4. The van der Waals surface area contributed by atoms with Crippen LogP contribution in [-0.2, 0) is 9.47 Å². The number of ether oxygens (including phenoxy) is 6. The Bertz CT molecular complexity index is 1370. The molecular formula is C29H32O9S4. The molecule has 0 amide bonds. The van der Waals surface area contributed by atoms with Crippen molar-refractivity contribution in [3.63, 3.8) is 0 Å². The first kappa shape index (κ1) is 30.0. The number of esters is 2. The topological polar surface area (TPSA) is 110 Å². The van der Waals surface area contributed by atoms with Crippen molar-refractivity contribution in [2.45, 2.75) is 101 Å². The summed E-state index contributed by atoms with van der Waals surface area (Å²) in [5.74, 6) is -2.81. The van der Waals surface area contributed by atoms with E-state index in [1.54, 1.807) is 74.7 Å². The van der Waals surface area contributed by atoms with Gasteiger partial charge < -0.3 is 33.5 Å². The second kappa shape index (κ2) is 9.47. The van der Waals surface area contributed by atoms with Crippen LogP contribution in [-0.4, -0.2) is 51.0 Å². The maximum Gasteiger partial charge on any atom is 0.345 e. The van der Waals surface area contributed by atoms with Crippen LogP contribution in [0.4, 0.5) is 0 Å². The smallest absolute Gasteiger partial charge is 0.345 e. The minimum atomic E-state index is -1.30. The van der Waals surface area contributed by atoms with Gasteiger partial charge in [0.25, 0.3) is 0 Å². The third kappa shape index (κ3) is 4.61. The lowest BCUT2D eigenvalue weighted by Crippen LogP contribution is -2.31. The molecule has 4 heterocycles. The number of hydrogen-bond acceptors (Lipinski definition) is 13. The molecule has 6 rings (SSSR count). The molecule has 1 atom stereocenters. The van der Waals surface area contributed by atoms with Crippen LogP contribution in [0.2, 0.25) is 0 Å². The Labute approximate surface area is 261 Å². The summed E-state index contributed by atoms with van der Waals surface area (Å²) in [5, 5.41) is 12.6. The second-order valence-corrected chi connectivity index (χ2v) is 19.1. The second-order valence-electron chi connectivity index (χ2n) is 12.0. The first-order valence-electron chi connectivity index (χ1n) is 13.2. The van der Waals surface area contributed by atoms with Crippen molar-refractivity contribution in [1.82, 2.24) is 0 Å². The highest BCUT2D eigenvalue weighted by Gasteiger charge is 2.51. The van der Waals surface area contributed by atoms with E-state index in [0.717, 1.165) is 19.6 Å². The number of thioether (sulfide) groups is 4. The minimum absolute atomic E-state index is 0.0308. The molecule has 0 bridgehead atoms. The van der Waals surface area contributed by atoms with Gasteiger partial charge >= 0.3 is 11.9 Å². The maximum atomic E-state index is 13.2. The van der Waals surface area contributed by atoms with E-state index < -0.39 is 29.6 Å². The average Bonchev–Trinajstić information content (AvgIpc) is 3.55. The predicted octanol–water partition coefficient (Wildman–Crippen LogP) is 7.22. The van der Waals surface area contributed by atoms with Gasteiger partial charge in [0, 0.05) is 52.8 Å². The zero-order chi connectivity index (χ0) is 30.7. The van der Waals surface area contributed by atoms with Crippen LogP contribution in [0, 0.1) is 0 Å². The van der Waals surface area contributed by atoms with E-state index in [1.165, 1.54) is 14.2 Å². The van der Waals surface area contributed by atoms with Gasteiger partial charge in [0.05, 0.1) is 33.5 Å². The number of carbonyl (C=O) groups excluding carboxylic acids is 2. The number of methoxy groups -OCH3 is 2. The predicted molar refractivity (Wildman–Crippen MR) is 162 cm³/mol. The Hall–Kier alpha value is -2.06. The number of fused-ring (bicyclic) bond motifs is 4. The zero-order valence-corrected chi connectivity index (χ0v) is 28.2. The summed E-state index contributed by atoms with van der Waals surface area (Å²) in [7, 11) is 2.65. The summed E-state index contributed by atoms with van der Waals surface area (Å²) in [6.07, 6.45) is -1.30. The summed E-state index contributed by atoms with van der Waals surface area (Å²) >= 11 is 6.31. The van der Waals surface area contributed by atoms with E-state index in [-0.39, 0.29) is 42.3 Å². The molecule has 0 saturated heterocycles. The van der Waals surface area contributed by atoms with Crippen LogP contribution in [0.5, 0.6) is 23.0 Å². The molecule has 13 heteroatoms. The fourth-order valence-electron chi connectivity index (χ4n) is 5.42. The largest absolute Gasteiger partial charge is 0.465 e. The molecule has 4 aliphatic heterocycles. The van der Waals surface area contributed by atoms with Crippen LogP contribution in [0.25, 0.3) is 0 Å². The van der Waals surface area contributed by atoms with E-state index in [1.807, 2.05) is 0 Å². The van der Waals surface area contributed by atoms with Crippen molar-refractivity contribution in [2.75, 3.05) is 14.2 Å². The molecule has 1 N–H and O–H groups in total. The van der Waals surface area contributed by atoms with Crippen molar-refractivity contribution >= 4 is 59.0 Å². The molecule has 0 aromatic heterocycles. The van der Waals surface area contributed by atoms with Crippen molar-refractivity contribution in [2.24, 2.45) is 0 Å². The molecule has 0 radical (unpaired) electrons. The Morgan fingerprint density at radius 1 is 0.595 bits per heavy atom. The Kier molecular flexibility index (Phi) is 6.76. The van der Waals surface area contributed by atoms with Crippen LogP contribution in [0.1, 0.15) is 93.3 Å². The van der Waals surface area contributed by atoms with Crippen molar-refractivity contribution in [1.29, 1.82) is 0 Å². The first-order valence-corrected chi connectivity index (χ1v) is 16.5. The van der Waals surface area contributed by atoms with Crippen LogP contribution in [0.3, 0.4) is 0 Å². The molecular weight excluding hydrogens is 621 g/mol. The molecule has 0 aliphatic carbocycles. The Morgan fingerprint density at radius 2 is 0.952 bits per heavy atom. The highest BCUT2D eigenvalue weighted by Crippen LogP contribution is 2.68. The summed E-state index contributed by atoms with van der Waals surface area (Å²) in [6.45, 7) is 15.2. The number of rotatable bonds is 4. The quantitative estimate of drug-likeness (QED) is 0.336. The van der Waals surface area contributed by atoms with E-state index in [9.17, 15) is 14.7 Å². The standard InChI is InChI=1S/C29H32O9S4/c1-26(2)35-16-11(17-19(38-27(3,4)36-17)13(18(16)37-26)24(31)33-9)15(30)12-20-22(41-28(5,6)39-20)14(25(32)34-10)23-21(12)40-29(7,8)42-23/h15,30H,1-10H3. The monoisotopic (exact) mass is 652 g/mol. The highest BCUT2D eigenvalue weighted by atomic mass is 32.2. The molecule has 9 nitrogen and oxygen atoms in total. The third-order valence-electron chi connectivity index (χ3n) is 6.82. The van der Waals surface area contributed by atoms with E-state index in [4.69, 9.17) is 28.4 Å². The highest BCUT2D eigenvalue weighted by molar-refractivity contribution is 8.21. The summed E-state index contributed by atoms with van der Waals surface area (Å²) in [5.41, 5.74) is 1.46. The van der Waals surface area contributed by atoms with Crippen LogP contribution in [0.15, 0.2) is 19.6 Å². The van der Waals surface area contributed by atoms with Crippen molar-refractivity contribution in [3.05, 3.63) is 22.3 Å². The lowest BCUT2D eigenvalue weighted by molar-refractivity contribution is -0.0503. The zero-order valence-electron chi connectivity index (χ0n) is 24.9. The molecule has 226 valence electrons. The molecule has 42 heavy (non-hydrogen) atoms. The van der Waals surface area contributed by atoms with Gasteiger partial charge in [-0.25, -0.2) is 9.59 Å². The fourth-order valence-corrected chi connectivity index (χ4v) is 11.4. The molecule has 1 unspecified atom stereocenters. The Balaban J connectivity index is 1.68. The molecule has 2 aromatic rings. The van der Waals surface area contributed by atoms with E-state index in [0.29, 0.717) is 11.1 Å². The molecule has 2 aromatic carbocycles. The summed E-state index contributed by atoms with van der Waals surface area (Å²) in [4.78, 5) is 29.4. The number of hydrogen-bond donors (Lipinski definition) is 1. The molecule has 0 spiro atoms. The lowest BCUT2D eigenvalue weighted by Gasteiger charge is -2.24. The van der Waals surface area contributed by atoms with Gasteiger partial charge in [-0.3, -0.25) is 0 Å². The average molecular weight is 653 g/mol. The van der Waals surface area contributed by atoms with Gasteiger partial charge in [0.1, 0.15) is 6.10 Å². The van der Waals surface area contributed by atoms with Crippen LogP contribution >= 0.6 is 47.0 Å². The number of aliphatic hydroxyl groups is 1. The van der Waals surface area contributed by atoms with E-state index >= 15 is 0 Å². The molecule has 4 aliphatic rings. The third-order valence-corrected chi connectivity index (χ3v) is 12.5. The Morgan fingerprint density at radius 3 is 1.36 bits per heavy atom. The normalized spacial score (nSPS) is 21.5. The van der Waals surface area contributed by atoms with Gasteiger partial charge in [-0.05, 0) is 27.7 Å². The van der Waals surface area contributed by atoms with Crippen molar-refractivity contribution in [3.8, 4) is 23.0 Å². The van der Waals surface area contributed by atoms with Gasteiger partial charge in [0.2, 0.25) is 11.6 Å². The van der Waals surface area contributed by atoms with Gasteiger partial charge in [0.15, 0.2) is 28.6 Å². The van der Waals surface area contributed by atoms with Gasteiger partial charge in [-0.1, -0.05) is 0 Å².